The Bertz CT molecular complexity index is 447. The highest BCUT2D eigenvalue weighted by Gasteiger charge is 2.17. The molecule has 3 nitrogen and oxygen atoms in total. The van der Waals surface area contributed by atoms with Crippen LogP contribution in [-0.4, -0.2) is 15.5 Å². The highest BCUT2D eigenvalue weighted by atomic mass is 32.2. The summed E-state index contributed by atoms with van der Waals surface area (Å²) in [6.45, 7) is 5.53. The fraction of sp³-hybridized carbons (Fsp3) is 0.400. The van der Waals surface area contributed by atoms with Crippen molar-refractivity contribution in [2.45, 2.75) is 25.7 Å². The molecule has 0 aliphatic heterocycles. The van der Waals surface area contributed by atoms with Gasteiger partial charge >= 0.3 is 0 Å². The lowest BCUT2D eigenvalue weighted by atomic mass is 10.1. The fourth-order valence-electron chi connectivity index (χ4n) is 1.35. The van der Waals surface area contributed by atoms with Gasteiger partial charge in [0.05, 0.1) is 12.0 Å². The van der Waals surface area contributed by atoms with Crippen molar-refractivity contribution in [3.05, 3.63) is 28.8 Å². The summed E-state index contributed by atoms with van der Waals surface area (Å²) in [5.74, 6) is 0. The molecule has 0 spiro atoms. The van der Waals surface area contributed by atoms with Gasteiger partial charge in [-0.1, -0.05) is 6.07 Å². The normalized spacial score (nSPS) is 11.7. The van der Waals surface area contributed by atoms with Crippen LogP contribution in [0.3, 0.4) is 0 Å². The molecule has 0 aliphatic rings. The topological polar surface area (TPSA) is 43.4 Å². The molecule has 0 fully saturated rings. The predicted molar refractivity (Wildman–Crippen MR) is 54.8 cm³/mol. The highest BCUT2D eigenvalue weighted by molar-refractivity contribution is 7.86. The van der Waals surface area contributed by atoms with E-state index in [-0.39, 0.29) is 4.90 Å². The van der Waals surface area contributed by atoms with Crippen LogP contribution in [0.5, 0.6) is 0 Å². The highest BCUT2D eigenvalue weighted by Crippen LogP contribution is 2.21. The fourth-order valence-corrected chi connectivity index (χ4v) is 2.40. The summed E-state index contributed by atoms with van der Waals surface area (Å²) >= 11 is 0. The lowest BCUT2D eigenvalue weighted by Gasteiger charge is -2.09. The molecule has 1 aromatic carbocycles. The molecule has 0 atom stereocenters. The average molecular weight is 214 g/mol. The maximum absolute atomic E-state index is 11.5. The van der Waals surface area contributed by atoms with E-state index in [0.717, 1.165) is 16.7 Å². The number of rotatable bonds is 2. The van der Waals surface area contributed by atoms with E-state index in [2.05, 4.69) is 4.18 Å². The smallest absolute Gasteiger partial charge is 0.270 e. The second-order valence-corrected chi connectivity index (χ2v) is 5.01. The molecule has 0 heterocycles. The molecule has 0 aromatic heterocycles. The maximum Gasteiger partial charge on any atom is 0.296 e. The first-order chi connectivity index (χ1) is 6.38. The first-order valence-electron chi connectivity index (χ1n) is 4.27. The van der Waals surface area contributed by atoms with Crippen molar-refractivity contribution in [1.29, 1.82) is 0 Å². The minimum Gasteiger partial charge on any atom is -0.270 e. The van der Waals surface area contributed by atoms with Crippen molar-refractivity contribution in [1.82, 2.24) is 0 Å². The molecule has 0 amide bonds. The van der Waals surface area contributed by atoms with Crippen molar-refractivity contribution in [3.8, 4) is 0 Å². The lowest BCUT2D eigenvalue weighted by molar-refractivity contribution is 0.397. The summed E-state index contributed by atoms with van der Waals surface area (Å²) in [6, 6.07) is 3.57. The van der Waals surface area contributed by atoms with E-state index in [1.165, 1.54) is 7.11 Å². The summed E-state index contributed by atoms with van der Waals surface area (Å²) in [5.41, 5.74) is 2.63. The average Bonchev–Trinajstić information content (AvgIpc) is 2.11. The number of aryl methyl sites for hydroxylation is 2. The summed E-state index contributed by atoms with van der Waals surface area (Å²) in [6.07, 6.45) is 0. The Hall–Kier alpha value is -0.870. The summed E-state index contributed by atoms with van der Waals surface area (Å²) < 4.78 is 27.5. The molecule has 0 saturated carbocycles. The minimum absolute atomic E-state index is 0.262. The molecule has 0 unspecified atom stereocenters. The molecular weight excluding hydrogens is 200 g/mol. The first kappa shape index (κ1) is 11.2. The summed E-state index contributed by atoms with van der Waals surface area (Å²) in [7, 11) is -2.40. The molecule has 0 N–H and O–H groups in total. The maximum atomic E-state index is 11.5. The van der Waals surface area contributed by atoms with Crippen LogP contribution in [0.1, 0.15) is 16.7 Å². The van der Waals surface area contributed by atoms with Gasteiger partial charge in [-0.15, -0.1) is 0 Å². The Balaban J connectivity index is 3.50. The molecule has 0 radical (unpaired) electrons. The third-order valence-electron chi connectivity index (χ3n) is 2.25. The molecule has 1 aromatic rings. The minimum atomic E-state index is -3.57. The largest absolute Gasteiger partial charge is 0.296 e. The van der Waals surface area contributed by atoms with E-state index in [9.17, 15) is 8.42 Å². The van der Waals surface area contributed by atoms with Gasteiger partial charge in [-0.25, -0.2) is 0 Å². The molecule has 78 valence electrons. The van der Waals surface area contributed by atoms with Crippen LogP contribution < -0.4 is 0 Å². The van der Waals surface area contributed by atoms with E-state index >= 15 is 0 Å². The zero-order valence-electron chi connectivity index (χ0n) is 8.79. The third-order valence-corrected chi connectivity index (χ3v) is 3.65. The molecule has 0 aliphatic carbocycles. The molecule has 0 bridgehead atoms. The van der Waals surface area contributed by atoms with Gasteiger partial charge in [-0.05, 0) is 43.5 Å². The molecule has 0 saturated heterocycles. The number of hydrogen-bond donors (Lipinski definition) is 0. The first-order valence-corrected chi connectivity index (χ1v) is 5.68. The van der Waals surface area contributed by atoms with Crippen LogP contribution in [0.2, 0.25) is 0 Å². The summed E-state index contributed by atoms with van der Waals surface area (Å²) in [4.78, 5) is 0.262. The van der Waals surface area contributed by atoms with Gasteiger partial charge in [0.1, 0.15) is 0 Å². The van der Waals surface area contributed by atoms with Crippen LogP contribution >= 0.6 is 0 Å². The number of benzene rings is 1. The lowest BCUT2D eigenvalue weighted by Crippen LogP contribution is -2.06. The second kappa shape index (κ2) is 3.71. The standard InChI is InChI=1S/C10H14O3S/c1-7-5-8(2)9(3)10(6-7)14(11,12)13-4/h5-6H,1-4H3. The Labute approximate surface area is 84.8 Å². The van der Waals surface area contributed by atoms with Crippen LogP contribution in [0, 0.1) is 20.8 Å². The van der Waals surface area contributed by atoms with Crippen LogP contribution in [0.25, 0.3) is 0 Å². The van der Waals surface area contributed by atoms with E-state index in [1.54, 1.807) is 13.0 Å². The zero-order valence-corrected chi connectivity index (χ0v) is 9.60. The van der Waals surface area contributed by atoms with Crippen molar-refractivity contribution < 1.29 is 12.6 Å². The monoisotopic (exact) mass is 214 g/mol. The van der Waals surface area contributed by atoms with E-state index < -0.39 is 10.1 Å². The Morgan fingerprint density at radius 1 is 1.14 bits per heavy atom. The quantitative estimate of drug-likeness (QED) is 0.707. The molecule has 4 heteroatoms. The van der Waals surface area contributed by atoms with Gasteiger partial charge in [-0.3, -0.25) is 4.18 Å². The van der Waals surface area contributed by atoms with E-state index in [1.807, 2.05) is 19.9 Å². The molecule has 1 rings (SSSR count). The van der Waals surface area contributed by atoms with Gasteiger partial charge in [0, 0.05) is 0 Å². The Kier molecular flexibility index (Phi) is 2.97. The molecular formula is C10H14O3S. The van der Waals surface area contributed by atoms with Gasteiger partial charge in [-0.2, -0.15) is 8.42 Å². The van der Waals surface area contributed by atoms with Gasteiger partial charge in [0.2, 0.25) is 0 Å². The van der Waals surface area contributed by atoms with Crippen LogP contribution in [-0.2, 0) is 14.3 Å². The van der Waals surface area contributed by atoms with Crippen molar-refractivity contribution in [3.63, 3.8) is 0 Å². The Morgan fingerprint density at radius 3 is 2.21 bits per heavy atom. The van der Waals surface area contributed by atoms with E-state index in [4.69, 9.17) is 0 Å². The predicted octanol–water partition coefficient (Wildman–Crippen LogP) is 1.95. The van der Waals surface area contributed by atoms with Crippen LogP contribution in [0.15, 0.2) is 17.0 Å². The SMILES string of the molecule is COS(=O)(=O)c1cc(C)cc(C)c1C. The third kappa shape index (κ3) is 1.96. The van der Waals surface area contributed by atoms with Crippen molar-refractivity contribution >= 4 is 10.1 Å². The molecule has 14 heavy (non-hydrogen) atoms. The van der Waals surface area contributed by atoms with Gasteiger partial charge in [0.15, 0.2) is 0 Å². The van der Waals surface area contributed by atoms with Crippen molar-refractivity contribution in [2.75, 3.05) is 7.11 Å². The zero-order chi connectivity index (χ0) is 10.9. The van der Waals surface area contributed by atoms with Crippen LogP contribution in [0.4, 0.5) is 0 Å². The van der Waals surface area contributed by atoms with Gasteiger partial charge in [0.25, 0.3) is 10.1 Å². The Morgan fingerprint density at radius 2 is 1.71 bits per heavy atom. The van der Waals surface area contributed by atoms with Gasteiger partial charge < -0.3 is 0 Å². The van der Waals surface area contributed by atoms with E-state index in [0.29, 0.717) is 0 Å². The van der Waals surface area contributed by atoms with Crippen molar-refractivity contribution in [2.24, 2.45) is 0 Å². The summed E-state index contributed by atoms with van der Waals surface area (Å²) in [5, 5.41) is 0. The number of hydrogen-bond acceptors (Lipinski definition) is 3. The second-order valence-electron chi connectivity index (χ2n) is 3.33.